The predicted molar refractivity (Wildman–Crippen MR) is 74.0 cm³/mol. The Morgan fingerprint density at radius 2 is 2.00 bits per heavy atom. The summed E-state index contributed by atoms with van der Waals surface area (Å²) in [6.45, 7) is 3.67. The topological polar surface area (TPSA) is 84.9 Å². The van der Waals surface area contributed by atoms with Crippen molar-refractivity contribution >= 4 is 17.4 Å². The van der Waals surface area contributed by atoms with E-state index in [0.717, 1.165) is 5.56 Å². The van der Waals surface area contributed by atoms with E-state index in [1.807, 2.05) is 6.92 Å². The van der Waals surface area contributed by atoms with E-state index in [0.29, 0.717) is 22.2 Å². The van der Waals surface area contributed by atoms with Crippen LogP contribution in [0.5, 0.6) is 11.8 Å². The number of hydrogen-bond acceptors (Lipinski definition) is 4. The van der Waals surface area contributed by atoms with Gasteiger partial charge in [0, 0.05) is 10.7 Å². The number of aromatic nitrogens is 2. The van der Waals surface area contributed by atoms with Crippen LogP contribution in [0.25, 0.3) is 0 Å². The summed E-state index contributed by atoms with van der Waals surface area (Å²) in [5.41, 5.74) is 7.33. The SMILES string of the molecule is Cc1cc(C(=N)N)nc(Oc2ccc(Cl)c(C)c2)n1. The summed E-state index contributed by atoms with van der Waals surface area (Å²) < 4.78 is 5.55. The minimum absolute atomic E-state index is 0.123. The summed E-state index contributed by atoms with van der Waals surface area (Å²) in [5.74, 6) is 0.463. The van der Waals surface area contributed by atoms with Gasteiger partial charge in [-0.1, -0.05) is 11.6 Å². The summed E-state index contributed by atoms with van der Waals surface area (Å²) in [6, 6.07) is 7.05. The van der Waals surface area contributed by atoms with Crippen LogP contribution in [0.2, 0.25) is 5.02 Å². The average molecular weight is 277 g/mol. The lowest BCUT2D eigenvalue weighted by atomic mass is 10.2. The molecule has 1 aromatic carbocycles. The van der Waals surface area contributed by atoms with E-state index in [1.54, 1.807) is 31.2 Å². The van der Waals surface area contributed by atoms with Crippen molar-refractivity contribution in [1.29, 1.82) is 5.41 Å². The summed E-state index contributed by atoms with van der Waals surface area (Å²) >= 11 is 5.94. The molecule has 5 nitrogen and oxygen atoms in total. The Labute approximate surface area is 115 Å². The van der Waals surface area contributed by atoms with Crippen LogP contribution in [-0.4, -0.2) is 15.8 Å². The van der Waals surface area contributed by atoms with Crippen LogP contribution in [0, 0.1) is 19.3 Å². The van der Waals surface area contributed by atoms with Crippen molar-refractivity contribution < 1.29 is 4.74 Å². The lowest BCUT2D eigenvalue weighted by Crippen LogP contribution is -2.14. The molecule has 0 aliphatic carbocycles. The molecule has 2 aromatic rings. The molecule has 1 aromatic heterocycles. The minimum Gasteiger partial charge on any atom is -0.424 e. The second-order valence-electron chi connectivity index (χ2n) is 4.10. The third-order valence-corrected chi connectivity index (χ3v) is 2.87. The fourth-order valence-electron chi connectivity index (χ4n) is 1.51. The number of nitrogen functional groups attached to an aromatic ring is 1. The zero-order valence-corrected chi connectivity index (χ0v) is 11.3. The number of rotatable bonds is 3. The molecule has 0 saturated carbocycles. The van der Waals surface area contributed by atoms with Crippen LogP contribution in [0.4, 0.5) is 0 Å². The monoisotopic (exact) mass is 276 g/mol. The highest BCUT2D eigenvalue weighted by atomic mass is 35.5. The zero-order chi connectivity index (χ0) is 14.0. The lowest BCUT2D eigenvalue weighted by Gasteiger charge is -2.07. The van der Waals surface area contributed by atoms with Crippen molar-refractivity contribution in [1.82, 2.24) is 9.97 Å². The number of nitrogens with zero attached hydrogens (tertiary/aromatic N) is 2. The lowest BCUT2D eigenvalue weighted by molar-refractivity contribution is 0.439. The van der Waals surface area contributed by atoms with Crippen molar-refractivity contribution in [2.24, 2.45) is 5.73 Å². The molecule has 0 bridgehead atoms. The van der Waals surface area contributed by atoms with Crippen LogP contribution in [0.15, 0.2) is 24.3 Å². The molecule has 0 atom stereocenters. The number of nitrogens with two attached hydrogens (primary N) is 1. The minimum atomic E-state index is -0.123. The second kappa shape index (κ2) is 5.24. The summed E-state index contributed by atoms with van der Waals surface area (Å²) in [6.07, 6.45) is 0. The molecule has 0 radical (unpaired) electrons. The second-order valence-corrected chi connectivity index (χ2v) is 4.51. The van der Waals surface area contributed by atoms with E-state index in [9.17, 15) is 0 Å². The van der Waals surface area contributed by atoms with Gasteiger partial charge in [-0.05, 0) is 43.7 Å². The van der Waals surface area contributed by atoms with E-state index in [-0.39, 0.29) is 11.8 Å². The summed E-state index contributed by atoms with van der Waals surface area (Å²) in [5, 5.41) is 8.05. The summed E-state index contributed by atoms with van der Waals surface area (Å²) in [4.78, 5) is 8.21. The third kappa shape index (κ3) is 3.20. The van der Waals surface area contributed by atoms with Gasteiger partial charge in [-0.2, -0.15) is 4.98 Å². The standard InChI is InChI=1S/C13H13ClN4O/c1-7-5-9(3-4-10(7)14)19-13-17-8(2)6-11(18-13)12(15)16/h3-6H,1-2H3,(H3,15,16). The Kier molecular flexibility index (Phi) is 3.66. The Morgan fingerprint density at radius 3 is 2.63 bits per heavy atom. The zero-order valence-electron chi connectivity index (χ0n) is 10.6. The van der Waals surface area contributed by atoms with E-state index < -0.39 is 0 Å². The molecule has 19 heavy (non-hydrogen) atoms. The highest BCUT2D eigenvalue weighted by molar-refractivity contribution is 6.31. The molecule has 0 spiro atoms. The Bertz CT molecular complexity index is 643. The number of nitrogens with one attached hydrogen (secondary N) is 1. The maximum atomic E-state index is 7.39. The molecular formula is C13H13ClN4O. The first-order chi connectivity index (χ1) is 8.95. The fourth-order valence-corrected chi connectivity index (χ4v) is 1.63. The highest BCUT2D eigenvalue weighted by Gasteiger charge is 2.07. The van der Waals surface area contributed by atoms with E-state index in [4.69, 9.17) is 27.5 Å². The van der Waals surface area contributed by atoms with Crippen molar-refractivity contribution in [2.75, 3.05) is 0 Å². The predicted octanol–water partition coefficient (Wildman–Crippen LogP) is 2.82. The molecular weight excluding hydrogens is 264 g/mol. The van der Waals surface area contributed by atoms with Crippen LogP contribution in [0.1, 0.15) is 17.0 Å². The molecule has 0 saturated heterocycles. The number of ether oxygens (including phenoxy) is 1. The van der Waals surface area contributed by atoms with Crippen LogP contribution >= 0.6 is 11.6 Å². The van der Waals surface area contributed by atoms with Gasteiger partial charge < -0.3 is 10.5 Å². The van der Waals surface area contributed by atoms with Gasteiger partial charge in [-0.15, -0.1) is 0 Å². The van der Waals surface area contributed by atoms with Gasteiger partial charge in [0.25, 0.3) is 0 Å². The normalized spacial score (nSPS) is 10.3. The number of benzene rings is 1. The first-order valence-electron chi connectivity index (χ1n) is 5.60. The molecule has 0 fully saturated rings. The molecule has 1 heterocycles. The maximum Gasteiger partial charge on any atom is 0.322 e. The van der Waals surface area contributed by atoms with Crippen molar-refractivity contribution in [3.63, 3.8) is 0 Å². The number of hydrogen-bond donors (Lipinski definition) is 2. The Balaban J connectivity index is 2.32. The van der Waals surface area contributed by atoms with Crippen molar-refractivity contribution in [3.8, 4) is 11.8 Å². The van der Waals surface area contributed by atoms with Crippen LogP contribution < -0.4 is 10.5 Å². The summed E-state index contributed by atoms with van der Waals surface area (Å²) in [7, 11) is 0. The van der Waals surface area contributed by atoms with Crippen LogP contribution in [0.3, 0.4) is 0 Å². The highest BCUT2D eigenvalue weighted by Crippen LogP contribution is 2.24. The molecule has 0 aliphatic rings. The van der Waals surface area contributed by atoms with Gasteiger partial charge in [0.05, 0.1) is 0 Å². The van der Waals surface area contributed by atoms with Gasteiger partial charge >= 0.3 is 6.01 Å². The first-order valence-corrected chi connectivity index (χ1v) is 5.97. The molecule has 2 rings (SSSR count). The molecule has 0 unspecified atom stereocenters. The van der Waals surface area contributed by atoms with E-state index >= 15 is 0 Å². The van der Waals surface area contributed by atoms with Gasteiger partial charge in [0.2, 0.25) is 0 Å². The number of aryl methyl sites for hydroxylation is 2. The van der Waals surface area contributed by atoms with E-state index in [1.165, 1.54) is 0 Å². The quantitative estimate of drug-likeness (QED) is 0.667. The molecule has 0 amide bonds. The fraction of sp³-hybridized carbons (Fsp3) is 0.154. The molecule has 0 aliphatic heterocycles. The molecule has 3 N–H and O–H groups in total. The number of halogens is 1. The van der Waals surface area contributed by atoms with Gasteiger partial charge in [0.15, 0.2) is 0 Å². The largest absolute Gasteiger partial charge is 0.424 e. The number of amidine groups is 1. The molecule has 6 heteroatoms. The smallest absolute Gasteiger partial charge is 0.322 e. The Hall–Kier alpha value is -2.14. The maximum absolute atomic E-state index is 7.39. The first kappa shape index (κ1) is 13.3. The third-order valence-electron chi connectivity index (χ3n) is 2.45. The average Bonchev–Trinajstić information content (AvgIpc) is 2.33. The Morgan fingerprint density at radius 1 is 1.26 bits per heavy atom. The van der Waals surface area contributed by atoms with Gasteiger partial charge in [-0.3, -0.25) is 5.41 Å². The van der Waals surface area contributed by atoms with E-state index in [2.05, 4.69) is 9.97 Å². The molecule has 98 valence electrons. The van der Waals surface area contributed by atoms with Crippen molar-refractivity contribution in [2.45, 2.75) is 13.8 Å². The van der Waals surface area contributed by atoms with Gasteiger partial charge in [-0.25, -0.2) is 4.98 Å². The van der Waals surface area contributed by atoms with Crippen molar-refractivity contribution in [3.05, 3.63) is 46.2 Å². The van der Waals surface area contributed by atoms with Gasteiger partial charge in [0.1, 0.15) is 17.3 Å². The van der Waals surface area contributed by atoms with Crippen LogP contribution in [-0.2, 0) is 0 Å².